The first-order valence-electron chi connectivity index (χ1n) is 8.52. The minimum Gasteiger partial charge on any atom is -0.379 e. The van der Waals surface area contributed by atoms with Gasteiger partial charge in [-0.1, -0.05) is 17.7 Å². The van der Waals surface area contributed by atoms with Crippen LogP contribution in [0.2, 0.25) is 5.02 Å². The molecule has 0 saturated carbocycles. The zero-order chi connectivity index (χ0) is 19.0. The molecule has 142 valence electrons. The summed E-state index contributed by atoms with van der Waals surface area (Å²) in [6.07, 6.45) is 0. The van der Waals surface area contributed by atoms with Crippen LogP contribution in [0.3, 0.4) is 0 Å². The molecule has 1 fully saturated rings. The number of hydrogen-bond donors (Lipinski definition) is 1. The van der Waals surface area contributed by atoms with E-state index >= 15 is 0 Å². The van der Waals surface area contributed by atoms with E-state index in [0.717, 1.165) is 16.6 Å². The van der Waals surface area contributed by atoms with Gasteiger partial charge in [0.05, 0.1) is 23.6 Å². The fraction of sp³-hybridized carbons (Fsp3) is 0.278. The number of H-pyrrole nitrogens is 1. The van der Waals surface area contributed by atoms with Crippen molar-refractivity contribution in [2.45, 2.75) is 4.90 Å². The van der Waals surface area contributed by atoms with Gasteiger partial charge in [0.2, 0.25) is 10.0 Å². The summed E-state index contributed by atoms with van der Waals surface area (Å²) in [6.45, 7) is 1.56. The molecule has 4 rings (SSSR count). The first kappa shape index (κ1) is 18.2. The van der Waals surface area contributed by atoms with Gasteiger partial charge in [0.15, 0.2) is 5.82 Å². The molecule has 1 aliphatic rings. The molecular weight excluding hydrogens is 388 g/mol. The largest absolute Gasteiger partial charge is 0.379 e. The molecule has 0 spiro atoms. The molecule has 1 aromatic heterocycles. The minimum atomic E-state index is -3.56. The number of anilines is 2. The number of rotatable bonds is 4. The number of aromatic nitrogens is 2. The van der Waals surface area contributed by atoms with Gasteiger partial charge >= 0.3 is 0 Å². The standard InChI is InChI=1S/C18H19ClN4O3S/c1-22(18-16-11-13(19)5-6-17(16)20-21-18)14-3-2-4-15(12-14)27(24,25)23-7-9-26-10-8-23/h2-6,11-12H,7-10H2,1H3,(H,20,21). The lowest BCUT2D eigenvalue weighted by atomic mass is 10.2. The topological polar surface area (TPSA) is 78.5 Å². The summed E-state index contributed by atoms with van der Waals surface area (Å²) in [6, 6.07) is 12.4. The number of ether oxygens (including phenoxy) is 1. The predicted octanol–water partition coefficient (Wildman–Crippen LogP) is 3.01. The van der Waals surface area contributed by atoms with Crippen molar-refractivity contribution < 1.29 is 13.2 Å². The molecule has 27 heavy (non-hydrogen) atoms. The zero-order valence-corrected chi connectivity index (χ0v) is 16.3. The van der Waals surface area contributed by atoms with Crippen molar-refractivity contribution in [3.63, 3.8) is 0 Å². The number of sulfonamides is 1. The Morgan fingerprint density at radius 3 is 2.74 bits per heavy atom. The summed E-state index contributed by atoms with van der Waals surface area (Å²) < 4.78 is 32.5. The molecule has 3 aromatic rings. The van der Waals surface area contributed by atoms with Crippen LogP contribution in [-0.4, -0.2) is 56.3 Å². The molecule has 0 amide bonds. The highest BCUT2D eigenvalue weighted by atomic mass is 35.5. The van der Waals surface area contributed by atoms with Crippen LogP contribution in [0.4, 0.5) is 11.5 Å². The van der Waals surface area contributed by atoms with Gasteiger partial charge in [-0.15, -0.1) is 0 Å². The van der Waals surface area contributed by atoms with Crippen LogP contribution in [0.15, 0.2) is 47.4 Å². The average molecular weight is 407 g/mol. The van der Waals surface area contributed by atoms with Gasteiger partial charge < -0.3 is 9.64 Å². The molecule has 0 radical (unpaired) electrons. The Balaban J connectivity index is 1.70. The molecule has 0 bridgehead atoms. The van der Waals surface area contributed by atoms with E-state index in [2.05, 4.69) is 10.2 Å². The van der Waals surface area contributed by atoms with Gasteiger partial charge in [-0.05, 0) is 36.4 Å². The second-order valence-electron chi connectivity index (χ2n) is 6.31. The molecule has 7 nitrogen and oxygen atoms in total. The average Bonchev–Trinajstić information content (AvgIpc) is 3.11. The lowest BCUT2D eigenvalue weighted by molar-refractivity contribution is 0.0730. The Labute approximate surface area is 162 Å². The molecule has 1 aliphatic heterocycles. The third-order valence-electron chi connectivity index (χ3n) is 4.64. The highest BCUT2D eigenvalue weighted by Crippen LogP contribution is 2.32. The summed E-state index contributed by atoms with van der Waals surface area (Å²) >= 11 is 6.11. The molecular formula is C18H19ClN4O3S. The third kappa shape index (κ3) is 3.41. The van der Waals surface area contributed by atoms with E-state index in [9.17, 15) is 8.42 Å². The molecule has 9 heteroatoms. The second kappa shape index (κ2) is 7.12. The normalized spacial score (nSPS) is 15.9. The fourth-order valence-electron chi connectivity index (χ4n) is 3.14. The van der Waals surface area contributed by atoms with Crippen molar-refractivity contribution >= 4 is 44.0 Å². The minimum absolute atomic E-state index is 0.256. The number of fused-ring (bicyclic) bond motifs is 1. The van der Waals surface area contributed by atoms with Crippen molar-refractivity contribution in [2.75, 3.05) is 38.3 Å². The first-order chi connectivity index (χ1) is 13.0. The van der Waals surface area contributed by atoms with Gasteiger partial charge in [0.25, 0.3) is 0 Å². The van der Waals surface area contributed by atoms with Gasteiger partial charge in [-0.2, -0.15) is 9.40 Å². The van der Waals surface area contributed by atoms with Gasteiger partial charge in [-0.3, -0.25) is 5.10 Å². The quantitative estimate of drug-likeness (QED) is 0.720. The van der Waals surface area contributed by atoms with E-state index in [-0.39, 0.29) is 4.90 Å². The van der Waals surface area contributed by atoms with E-state index in [1.807, 2.05) is 30.1 Å². The lowest BCUT2D eigenvalue weighted by Crippen LogP contribution is -2.40. The van der Waals surface area contributed by atoms with Crippen molar-refractivity contribution in [3.8, 4) is 0 Å². The number of nitrogens with zero attached hydrogens (tertiary/aromatic N) is 3. The number of hydrogen-bond acceptors (Lipinski definition) is 5. The van der Waals surface area contributed by atoms with E-state index in [1.54, 1.807) is 24.3 Å². The Hall–Kier alpha value is -2.13. The van der Waals surface area contributed by atoms with Crippen molar-refractivity contribution in [3.05, 3.63) is 47.5 Å². The maximum Gasteiger partial charge on any atom is 0.243 e. The number of halogens is 1. The van der Waals surface area contributed by atoms with E-state index in [1.165, 1.54) is 4.31 Å². The van der Waals surface area contributed by atoms with Crippen LogP contribution < -0.4 is 4.90 Å². The monoisotopic (exact) mass is 406 g/mol. The molecule has 1 N–H and O–H groups in total. The third-order valence-corrected chi connectivity index (χ3v) is 6.76. The Morgan fingerprint density at radius 2 is 1.96 bits per heavy atom. The van der Waals surface area contributed by atoms with Crippen molar-refractivity contribution in [1.29, 1.82) is 0 Å². The van der Waals surface area contributed by atoms with Crippen LogP contribution in [-0.2, 0) is 14.8 Å². The highest BCUT2D eigenvalue weighted by Gasteiger charge is 2.27. The van der Waals surface area contributed by atoms with Crippen LogP contribution >= 0.6 is 11.6 Å². The smallest absolute Gasteiger partial charge is 0.243 e. The lowest BCUT2D eigenvalue weighted by Gasteiger charge is -2.26. The first-order valence-corrected chi connectivity index (χ1v) is 10.3. The van der Waals surface area contributed by atoms with Crippen molar-refractivity contribution in [2.24, 2.45) is 0 Å². The number of morpholine rings is 1. The molecule has 0 unspecified atom stereocenters. The van der Waals surface area contributed by atoms with E-state index in [4.69, 9.17) is 16.3 Å². The number of nitrogens with one attached hydrogen (secondary N) is 1. The summed E-state index contributed by atoms with van der Waals surface area (Å²) in [5.74, 6) is 0.674. The Kier molecular flexibility index (Phi) is 4.81. The molecule has 0 aliphatic carbocycles. The van der Waals surface area contributed by atoms with Crippen molar-refractivity contribution in [1.82, 2.24) is 14.5 Å². The molecule has 0 atom stereocenters. The van der Waals surface area contributed by atoms with E-state index < -0.39 is 10.0 Å². The van der Waals surface area contributed by atoms with Crippen LogP contribution in [0.1, 0.15) is 0 Å². The fourth-order valence-corrected chi connectivity index (χ4v) is 4.76. The number of aromatic amines is 1. The highest BCUT2D eigenvalue weighted by molar-refractivity contribution is 7.89. The Bertz CT molecular complexity index is 1080. The zero-order valence-electron chi connectivity index (χ0n) is 14.7. The van der Waals surface area contributed by atoms with Gasteiger partial charge in [0, 0.05) is 36.2 Å². The predicted molar refractivity (Wildman–Crippen MR) is 105 cm³/mol. The summed E-state index contributed by atoms with van der Waals surface area (Å²) in [5, 5.41) is 8.81. The Morgan fingerprint density at radius 1 is 1.19 bits per heavy atom. The molecule has 2 heterocycles. The molecule has 1 saturated heterocycles. The number of benzene rings is 2. The SMILES string of the molecule is CN(c1cccc(S(=O)(=O)N2CCOCC2)c1)c1n[nH]c2ccc(Cl)cc12. The van der Waals surface area contributed by atoms with Crippen LogP contribution in [0.25, 0.3) is 10.9 Å². The van der Waals surface area contributed by atoms with Gasteiger partial charge in [-0.25, -0.2) is 8.42 Å². The maximum absolute atomic E-state index is 12.9. The van der Waals surface area contributed by atoms with Gasteiger partial charge in [0.1, 0.15) is 0 Å². The van der Waals surface area contributed by atoms with E-state index in [0.29, 0.717) is 37.1 Å². The molecule has 2 aromatic carbocycles. The van der Waals surface area contributed by atoms with Crippen LogP contribution in [0, 0.1) is 0 Å². The second-order valence-corrected chi connectivity index (χ2v) is 8.68. The summed E-state index contributed by atoms with van der Waals surface area (Å²) in [4.78, 5) is 2.10. The summed E-state index contributed by atoms with van der Waals surface area (Å²) in [5.41, 5.74) is 1.58. The maximum atomic E-state index is 12.9. The van der Waals surface area contributed by atoms with Crippen LogP contribution in [0.5, 0.6) is 0 Å². The summed E-state index contributed by atoms with van der Waals surface area (Å²) in [7, 11) is -1.71.